The maximum absolute atomic E-state index is 12.5. The monoisotopic (exact) mass is 288 g/mol. The van der Waals surface area contributed by atoms with E-state index in [0.29, 0.717) is 17.5 Å². The molecule has 3 rings (SSSR count). The predicted octanol–water partition coefficient (Wildman–Crippen LogP) is 2.01. The average molecular weight is 288 g/mol. The van der Waals surface area contributed by atoms with Crippen molar-refractivity contribution in [1.29, 1.82) is 0 Å². The highest BCUT2D eigenvalue weighted by Gasteiger charge is 2.49. The van der Waals surface area contributed by atoms with Crippen molar-refractivity contribution < 1.29 is 14.7 Å². The molecule has 0 spiro atoms. The Hall–Kier alpha value is -1.88. The van der Waals surface area contributed by atoms with Gasteiger partial charge in [-0.2, -0.15) is 0 Å². The lowest BCUT2D eigenvalue weighted by atomic mass is 9.84. The minimum absolute atomic E-state index is 0.0632. The molecule has 0 saturated heterocycles. The average Bonchev–Trinajstić information content (AvgIpc) is 3.01. The van der Waals surface area contributed by atoms with Gasteiger partial charge in [-0.05, 0) is 55.7 Å². The second-order valence-corrected chi connectivity index (χ2v) is 6.26. The first-order valence-corrected chi connectivity index (χ1v) is 7.37. The number of carboxylic acids is 1. The number of carbonyl (C=O) groups excluding carboxylic acids is 1. The molecule has 2 aliphatic carbocycles. The second-order valence-electron chi connectivity index (χ2n) is 6.26. The zero-order chi connectivity index (χ0) is 15.1. The zero-order valence-electron chi connectivity index (χ0n) is 12.0. The summed E-state index contributed by atoms with van der Waals surface area (Å²) < 4.78 is 0. The number of nitrogens with one attached hydrogen (secondary N) is 1. The highest BCUT2D eigenvalue weighted by Crippen LogP contribution is 2.47. The molecule has 0 radical (unpaired) electrons. The molecule has 0 aliphatic heterocycles. The Balaban J connectivity index is 1.79. The van der Waals surface area contributed by atoms with Crippen LogP contribution in [0.1, 0.15) is 35.2 Å². The number of carbonyl (C=O) groups is 2. The highest BCUT2D eigenvalue weighted by atomic mass is 16.4. The summed E-state index contributed by atoms with van der Waals surface area (Å²) in [5, 5.41) is 11.9. The molecule has 1 aromatic rings. The number of anilines is 1. The van der Waals surface area contributed by atoms with Crippen LogP contribution < -0.4 is 11.1 Å². The lowest BCUT2D eigenvalue weighted by Gasteiger charge is -2.27. The number of benzene rings is 1. The van der Waals surface area contributed by atoms with E-state index in [2.05, 4.69) is 5.32 Å². The van der Waals surface area contributed by atoms with Gasteiger partial charge in [-0.25, -0.2) is 4.79 Å². The zero-order valence-corrected chi connectivity index (χ0v) is 12.0. The van der Waals surface area contributed by atoms with Crippen LogP contribution in [0, 0.1) is 24.7 Å². The number of rotatable bonds is 3. The van der Waals surface area contributed by atoms with E-state index in [1.807, 2.05) is 6.92 Å². The molecule has 2 fully saturated rings. The SMILES string of the molecule is Cc1ccc(C(=O)O)cc1NC(=O)C1C2CCC(C2)C1N. The Labute approximate surface area is 123 Å². The molecule has 4 N–H and O–H groups in total. The van der Waals surface area contributed by atoms with Crippen LogP contribution >= 0.6 is 0 Å². The van der Waals surface area contributed by atoms with Crippen LogP contribution in [0.15, 0.2) is 18.2 Å². The second kappa shape index (κ2) is 5.15. The number of hydrogen-bond donors (Lipinski definition) is 3. The fourth-order valence-electron chi connectivity index (χ4n) is 3.83. The molecule has 1 aromatic carbocycles. The lowest BCUT2D eigenvalue weighted by Crippen LogP contribution is -2.42. The summed E-state index contributed by atoms with van der Waals surface area (Å²) in [5.41, 5.74) is 7.77. The summed E-state index contributed by atoms with van der Waals surface area (Å²) in [6.45, 7) is 1.85. The minimum Gasteiger partial charge on any atom is -0.478 e. The van der Waals surface area contributed by atoms with Crippen LogP contribution in [-0.2, 0) is 4.79 Å². The van der Waals surface area contributed by atoms with Gasteiger partial charge in [-0.1, -0.05) is 6.07 Å². The van der Waals surface area contributed by atoms with Gasteiger partial charge in [0, 0.05) is 11.7 Å². The van der Waals surface area contributed by atoms with Crippen LogP contribution in [0.5, 0.6) is 0 Å². The molecule has 0 heterocycles. The Kier molecular flexibility index (Phi) is 3.45. The third-order valence-corrected chi connectivity index (χ3v) is 5.03. The quantitative estimate of drug-likeness (QED) is 0.793. The van der Waals surface area contributed by atoms with Crippen molar-refractivity contribution in [3.05, 3.63) is 29.3 Å². The maximum Gasteiger partial charge on any atom is 0.335 e. The van der Waals surface area contributed by atoms with E-state index in [-0.39, 0.29) is 23.4 Å². The van der Waals surface area contributed by atoms with Gasteiger partial charge in [0.05, 0.1) is 11.5 Å². The summed E-state index contributed by atoms with van der Waals surface area (Å²) in [7, 11) is 0. The first-order valence-electron chi connectivity index (χ1n) is 7.37. The number of nitrogens with two attached hydrogens (primary N) is 1. The molecule has 2 bridgehead atoms. The molecule has 4 atom stereocenters. The first-order chi connectivity index (χ1) is 9.97. The van der Waals surface area contributed by atoms with Gasteiger partial charge in [0.15, 0.2) is 0 Å². The standard InChI is InChI=1S/C16H20N2O3/c1-8-2-3-11(16(20)21)7-12(8)18-15(19)13-9-4-5-10(6-9)14(13)17/h2-3,7,9-10,13-14H,4-6,17H2,1H3,(H,18,19)(H,20,21). The number of fused-ring (bicyclic) bond motifs is 2. The fraction of sp³-hybridized carbons (Fsp3) is 0.500. The third-order valence-electron chi connectivity index (χ3n) is 5.03. The summed E-state index contributed by atoms with van der Waals surface area (Å²) >= 11 is 0. The first kappa shape index (κ1) is 14.1. The van der Waals surface area contributed by atoms with Crippen LogP contribution in [0.2, 0.25) is 0 Å². The molecule has 21 heavy (non-hydrogen) atoms. The van der Waals surface area contributed by atoms with Gasteiger partial charge in [0.1, 0.15) is 0 Å². The summed E-state index contributed by atoms with van der Waals surface area (Å²) in [6, 6.07) is 4.69. The van der Waals surface area contributed by atoms with Gasteiger partial charge >= 0.3 is 5.97 Å². The van der Waals surface area contributed by atoms with E-state index >= 15 is 0 Å². The molecule has 5 nitrogen and oxygen atoms in total. The number of aryl methyl sites for hydroxylation is 1. The fourth-order valence-corrected chi connectivity index (χ4v) is 3.83. The molecule has 2 aliphatic rings. The van der Waals surface area contributed by atoms with E-state index < -0.39 is 5.97 Å². The topological polar surface area (TPSA) is 92.4 Å². The number of carboxylic acid groups (broad SMARTS) is 1. The molecule has 112 valence electrons. The van der Waals surface area contributed by atoms with E-state index in [1.165, 1.54) is 12.1 Å². The Morgan fingerprint density at radius 1 is 1.29 bits per heavy atom. The highest BCUT2D eigenvalue weighted by molar-refractivity contribution is 5.96. The minimum atomic E-state index is -0.998. The van der Waals surface area contributed by atoms with Crippen molar-refractivity contribution in [2.45, 2.75) is 32.2 Å². The Bertz CT molecular complexity index is 597. The van der Waals surface area contributed by atoms with Crippen molar-refractivity contribution in [2.75, 3.05) is 5.32 Å². The molecule has 4 unspecified atom stereocenters. The van der Waals surface area contributed by atoms with Crippen molar-refractivity contribution in [3.8, 4) is 0 Å². The van der Waals surface area contributed by atoms with Gasteiger partial charge in [0.25, 0.3) is 0 Å². The smallest absolute Gasteiger partial charge is 0.335 e. The van der Waals surface area contributed by atoms with Crippen LogP contribution in [-0.4, -0.2) is 23.0 Å². The Morgan fingerprint density at radius 3 is 2.62 bits per heavy atom. The van der Waals surface area contributed by atoms with E-state index in [4.69, 9.17) is 10.8 Å². The van der Waals surface area contributed by atoms with Gasteiger partial charge in [-0.3, -0.25) is 4.79 Å². The molecular formula is C16H20N2O3. The summed E-state index contributed by atoms with van der Waals surface area (Å²) in [5.74, 6) is -0.357. The maximum atomic E-state index is 12.5. The van der Waals surface area contributed by atoms with Crippen molar-refractivity contribution in [1.82, 2.24) is 0 Å². The number of hydrogen-bond acceptors (Lipinski definition) is 3. The molecule has 1 amide bonds. The molecular weight excluding hydrogens is 268 g/mol. The number of amides is 1. The lowest BCUT2D eigenvalue weighted by molar-refractivity contribution is -0.121. The molecule has 5 heteroatoms. The number of aromatic carboxylic acids is 1. The van der Waals surface area contributed by atoms with E-state index in [1.54, 1.807) is 6.07 Å². The van der Waals surface area contributed by atoms with Gasteiger partial charge in [-0.15, -0.1) is 0 Å². The normalized spacial score (nSPS) is 30.4. The van der Waals surface area contributed by atoms with Crippen LogP contribution in [0.3, 0.4) is 0 Å². The predicted molar refractivity (Wildman–Crippen MR) is 79.1 cm³/mol. The van der Waals surface area contributed by atoms with Crippen molar-refractivity contribution in [3.63, 3.8) is 0 Å². The van der Waals surface area contributed by atoms with Crippen molar-refractivity contribution in [2.24, 2.45) is 23.5 Å². The Morgan fingerprint density at radius 2 is 2.00 bits per heavy atom. The van der Waals surface area contributed by atoms with Gasteiger partial charge < -0.3 is 16.2 Å². The summed E-state index contributed by atoms with van der Waals surface area (Å²) in [4.78, 5) is 23.5. The van der Waals surface area contributed by atoms with E-state index in [0.717, 1.165) is 24.8 Å². The van der Waals surface area contributed by atoms with E-state index in [9.17, 15) is 9.59 Å². The van der Waals surface area contributed by atoms with Crippen LogP contribution in [0.4, 0.5) is 5.69 Å². The van der Waals surface area contributed by atoms with Gasteiger partial charge in [0.2, 0.25) is 5.91 Å². The van der Waals surface area contributed by atoms with Crippen molar-refractivity contribution >= 4 is 17.6 Å². The third kappa shape index (κ3) is 2.42. The summed E-state index contributed by atoms with van der Waals surface area (Å²) in [6.07, 6.45) is 3.25. The largest absolute Gasteiger partial charge is 0.478 e. The van der Waals surface area contributed by atoms with Crippen LogP contribution in [0.25, 0.3) is 0 Å². The molecule has 2 saturated carbocycles. The molecule has 0 aromatic heterocycles.